The van der Waals surface area contributed by atoms with Crippen LogP contribution in [0.4, 0.5) is 0 Å². The summed E-state index contributed by atoms with van der Waals surface area (Å²) < 4.78 is 1.62. The van der Waals surface area contributed by atoms with E-state index in [4.69, 9.17) is 0 Å². The lowest BCUT2D eigenvalue weighted by molar-refractivity contribution is 0.0916. The van der Waals surface area contributed by atoms with Gasteiger partial charge in [-0.2, -0.15) is 5.10 Å². The van der Waals surface area contributed by atoms with Gasteiger partial charge >= 0.3 is 0 Å². The monoisotopic (exact) mass is 335 g/mol. The van der Waals surface area contributed by atoms with Crippen LogP contribution in [0.15, 0.2) is 60.8 Å². The van der Waals surface area contributed by atoms with Crippen LogP contribution in [0.25, 0.3) is 11.3 Å². The summed E-state index contributed by atoms with van der Waals surface area (Å²) >= 11 is 0. The Morgan fingerprint density at radius 1 is 1.16 bits per heavy atom. The van der Waals surface area contributed by atoms with Gasteiger partial charge in [0, 0.05) is 25.4 Å². The molecule has 25 heavy (non-hydrogen) atoms. The van der Waals surface area contributed by atoms with Gasteiger partial charge in [-0.05, 0) is 18.1 Å². The molecule has 1 aromatic heterocycles. The van der Waals surface area contributed by atoms with E-state index in [1.165, 1.54) is 0 Å². The number of hydrogen-bond acceptors (Lipinski definition) is 3. The molecule has 2 N–H and O–H groups in total. The number of rotatable bonds is 5. The van der Waals surface area contributed by atoms with Crippen molar-refractivity contribution in [1.82, 2.24) is 15.1 Å². The van der Waals surface area contributed by atoms with Gasteiger partial charge in [0.2, 0.25) is 0 Å². The van der Waals surface area contributed by atoms with Crippen molar-refractivity contribution in [2.24, 2.45) is 7.05 Å². The molecule has 1 unspecified atom stereocenters. The Morgan fingerprint density at radius 3 is 2.56 bits per heavy atom. The number of amides is 1. The molecule has 0 spiro atoms. The van der Waals surface area contributed by atoms with Crippen molar-refractivity contribution >= 4 is 5.91 Å². The molecule has 1 amide bonds. The van der Waals surface area contributed by atoms with Crippen LogP contribution in [0.2, 0.25) is 0 Å². The van der Waals surface area contributed by atoms with Crippen LogP contribution in [-0.4, -0.2) is 27.3 Å². The molecule has 2 aromatic carbocycles. The standard InChI is InChI=1S/C20H21N3O2/c1-14-8-6-7-11-16(14)18(24)12-21-20(25)17-13-23(2)22-19(17)15-9-4-3-5-10-15/h3-11,13,18,24H,12H2,1-2H3,(H,21,25). The number of aryl methyl sites for hydroxylation is 2. The summed E-state index contributed by atoms with van der Waals surface area (Å²) in [6.07, 6.45) is 0.944. The van der Waals surface area contributed by atoms with E-state index in [0.29, 0.717) is 11.3 Å². The maximum absolute atomic E-state index is 12.6. The highest BCUT2D eigenvalue weighted by Gasteiger charge is 2.18. The zero-order valence-electron chi connectivity index (χ0n) is 14.3. The van der Waals surface area contributed by atoms with E-state index in [1.807, 2.05) is 61.5 Å². The van der Waals surface area contributed by atoms with Crippen LogP contribution in [0.3, 0.4) is 0 Å². The molecule has 0 aliphatic carbocycles. The van der Waals surface area contributed by atoms with Gasteiger partial charge < -0.3 is 10.4 Å². The first-order valence-electron chi connectivity index (χ1n) is 8.17. The number of nitrogens with zero attached hydrogens (tertiary/aromatic N) is 2. The largest absolute Gasteiger partial charge is 0.387 e. The van der Waals surface area contributed by atoms with Crippen LogP contribution >= 0.6 is 0 Å². The third-order valence-corrected chi connectivity index (χ3v) is 4.12. The third-order valence-electron chi connectivity index (χ3n) is 4.12. The summed E-state index contributed by atoms with van der Waals surface area (Å²) in [5.41, 5.74) is 3.82. The molecule has 0 aliphatic heterocycles. The number of aliphatic hydroxyl groups is 1. The predicted octanol–water partition coefficient (Wildman–Crippen LogP) is 2.86. The highest BCUT2D eigenvalue weighted by atomic mass is 16.3. The zero-order valence-corrected chi connectivity index (χ0v) is 14.3. The highest BCUT2D eigenvalue weighted by molar-refractivity contribution is 5.99. The van der Waals surface area contributed by atoms with Crippen molar-refractivity contribution in [3.8, 4) is 11.3 Å². The molecule has 3 aromatic rings. The van der Waals surface area contributed by atoms with E-state index in [-0.39, 0.29) is 12.5 Å². The zero-order chi connectivity index (χ0) is 17.8. The van der Waals surface area contributed by atoms with E-state index in [2.05, 4.69) is 10.4 Å². The first-order valence-corrected chi connectivity index (χ1v) is 8.17. The van der Waals surface area contributed by atoms with Gasteiger partial charge in [-0.1, -0.05) is 54.6 Å². The molecule has 0 saturated heterocycles. The minimum atomic E-state index is -0.748. The van der Waals surface area contributed by atoms with Crippen molar-refractivity contribution in [1.29, 1.82) is 0 Å². The van der Waals surface area contributed by atoms with E-state index >= 15 is 0 Å². The average molecular weight is 335 g/mol. The van der Waals surface area contributed by atoms with Crippen molar-refractivity contribution in [3.05, 3.63) is 77.5 Å². The van der Waals surface area contributed by atoms with Gasteiger partial charge in [-0.15, -0.1) is 0 Å². The number of nitrogens with one attached hydrogen (secondary N) is 1. The third kappa shape index (κ3) is 3.78. The molecule has 0 aliphatic rings. The molecule has 1 heterocycles. The number of aliphatic hydroxyl groups excluding tert-OH is 1. The van der Waals surface area contributed by atoms with Crippen LogP contribution < -0.4 is 5.32 Å². The second kappa shape index (κ2) is 7.32. The number of carbonyl (C=O) groups excluding carboxylic acids is 1. The Balaban J connectivity index is 1.75. The quantitative estimate of drug-likeness (QED) is 0.753. The molecule has 0 radical (unpaired) electrons. The minimum Gasteiger partial charge on any atom is -0.387 e. The van der Waals surface area contributed by atoms with Gasteiger partial charge in [0.25, 0.3) is 5.91 Å². The summed E-state index contributed by atoms with van der Waals surface area (Å²) in [4.78, 5) is 12.6. The lowest BCUT2D eigenvalue weighted by Gasteiger charge is -2.14. The van der Waals surface area contributed by atoms with Gasteiger partial charge in [0.05, 0.1) is 11.7 Å². The Hall–Kier alpha value is -2.92. The molecule has 1 atom stereocenters. The lowest BCUT2D eigenvalue weighted by Crippen LogP contribution is -2.28. The summed E-state index contributed by atoms with van der Waals surface area (Å²) in [6.45, 7) is 2.09. The Morgan fingerprint density at radius 2 is 1.84 bits per heavy atom. The molecular weight excluding hydrogens is 314 g/mol. The lowest BCUT2D eigenvalue weighted by atomic mass is 10.0. The van der Waals surface area contributed by atoms with E-state index in [1.54, 1.807) is 17.9 Å². The fraction of sp³-hybridized carbons (Fsp3) is 0.200. The van der Waals surface area contributed by atoms with Crippen LogP contribution in [0.1, 0.15) is 27.6 Å². The van der Waals surface area contributed by atoms with Gasteiger partial charge in [0.1, 0.15) is 5.69 Å². The SMILES string of the molecule is Cc1ccccc1C(O)CNC(=O)c1cn(C)nc1-c1ccccc1. The number of benzene rings is 2. The first-order chi connectivity index (χ1) is 12.1. The van der Waals surface area contributed by atoms with Crippen molar-refractivity contribution in [2.75, 3.05) is 6.54 Å². The van der Waals surface area contributed by atoms with Crippen LogP contribution in [0.5, 0.6) is 0 Å². The average Bonchev–Trinajstić information content (AvgIpc) is 3.02. The van der Waals surface area contributed by atoms with Gasteiger partial charge in [-0.25, -0.2) is 0 Å². The molecule has 0 saturated carbocycles. The van der Waals surface area contributed by atoms with E-state index in [9.17, 15) is 9.90 Å². The Kier molecular flexibility index (Phi) is 4.95. The first kappa shape index (κ1) is 16.9. The fourth-order valence-corrected chi connectivity index (χ4v) is 2.82. The molecule has 5 nitrogen and oxygen atoms in total. The maximum atomic E-state index is 12.6. The number of aromatic nitrogens is 2. The Bertz CT molecular complexity index is 872. The molecule has 0 bridgehead atoms. The topological polar surface area (TPSA) is 67.2 Å². The fourth-order valence-electron chi connectivity index (χ4n) is 2.82. The Labute approximate surface area is 146 Å². The summed E-state index contributed by atoms with van der Waals surface area (Å²) in [5.74, 6) is -0.250. The second-order valence-corrected chi connectivity index (χ2v) is 6.01. The predicted molar refractivity (Wildman–Crippen MR) is 97.1 cm³/mol. The maximum Gasteiger partial charge on any atom is 0.255 e. The summed E-state index contributed by atoms with van der Waals surface area (Å²) in [5, 5.41) is 17.6. The summed E-state index contributed by atoms with van der Waals surface area (Å²) in [7, 11) is 1.78. The normalized spacial score (nSPS) is 12.0. The minimum absolute atomic E-state index is 0.146. The van der Waals surface area contributed by atoms with Crippen molar-refractivity contribution in [3.63, 3.8) is 0 Å². The molecule has 3 rings (SSSR count). The van der Waals surface area contributed by atoms with E-state index < -0.39 is 6.10 Å². The van der Waals surface area contributed by atoms with Crippen molar-refractivity contribution < 1.29 is 9.90 Å². The van der Waals surface area contributed by atoms with Crippen LogP contribution in [0, 0.1) is 6.92 Å². The smallest absolute Gasteiger partial charge is 0.255 e. The molecular formula is C20H21N3O2. The number of carbonyl (C=O) groups is 1. The van der Waals surface area contributed by atoms with E-state index in [0.717, 1.165) is 16.7 Å². The second-order valence-electron chi connectivity index (χ2n) is 6.01. The van der Waals surface area contributed by atoms with Crippen molar-refractivity contribution in [2.45, 2.75) is 13.0 Å². The highest BCUT2D eigenvalue weighted by Crippen LogP contribution is 2.22. The molecule has 5 heteroatoms. The molecule has 0 fully saturated rings. The van der Waals surface area contributed by atoms with Gasteiger partial charge in [0.15, 0.2) is 0 Å². The number of hydrogen-bond donors (Lipinski definition) is 2. The van der Waals surface area contributed by atoms with Crippen LogP contribution in [-0.2, 0) is 7.05 Å². The molecule has 128 valence electrons. The van der Waals surface area contributed by atoms with Gasteiger partial charge in [-0.3, -0.25) is 9.48 Å². The summed E-state index contributed by atoms with van der Waals surface area (Å²) in [6, 6.07) is 17.2.